The van der Waals surface area contributed by atoms with E-state index in [9.17, 15) is 8.42 Å². The summed E-state index contributed by atoms with van der Waals surface area (Å²) in [5, 5.41) is 0. The van der Waals surface area contributed by atoms with Crippen LogP contribution in [0.3, 0.4) is 0 Å². The van der Waals surface area contributed by atoms with Gasteiger partial charge in [0.1, 0.15) is 5.75 Å². The first kappa shape index (κ1) is 23.3. The van der Waals surface area contributed by atoms with Gasteiger partial charge < -0.3 is 19.1 Å². The smallest absolute Gasteiger partial charge is 0.240 e. The fourth-order valence-corrected chi connectivity index (χ4v) is 4.00. The first-order valence-corrected chi connectivity index (χ1v) is 10.6. The second-order valence-electron chi connectivity index (χ2n) is 7.08. The standard InChI is InChI=1S/C20H26N2O5S.ClH/c1-14(2)27-16-6-8-17(9-7-16)28(23,24)21-12-18(22(3)4)15-5-10-19-20(11-15)26-13-25-19;/h5-11,14,18,21H,12-13H2,1-4H3;1H. The van der Waals surface area contributed by atoms with Gasteiger partial charge in [-0.3, -0.25) is 0 Å². The number of ether oxygens (including phenoxy) is 3. The second-order valence-corrected chi connectivity index (χ2v) is 8.85. The van der Waals surface area contributed by atoms with Gasteiger partial charge in [0.05, 0.1) is 11.0 Å². The van der Waals surface area contributed by atoms with Crippen molar-refractivity contribution in [2.75, 3.05) is 27.4 Å². The Morgan fingerprint density at radius 3 is 2.34 bits per heavy atom. The van der Waals surface area contributed by atoms with Crippen LogP contribution in [-0.4, -0.2) is 46.9 Å². The van der Waals surface area contributed by atoms with Crippen LogP contribution in [0.2, 0.25) is 0 Å². The van der Waals surface area contributed by atoms with Crippen molar-refractivity contribution in [1.29, 1.82) is 0 Å². The lowest BCUT2D eigenvalue weighted by Gasteiger charge is -2.25. The minimum Gasteiger partial charge on any atom is -0.491 e. The molecule has 1 unspecified atom stereocenters. The summed E-state index contributed by atoms with van der Waals surface area (Å²) in [4.78, 5) is 2.16. The molecule has 7 nitrogen and oxygen atoms in total. The maximum atomic E-state index is 12.7. The van der Waals surface area contributed by atoms with Crippen molar-refractivity contribution in [2.24, 2.45) is 0 Å². The summed E-state index contributed by atoms with van der Waals surface area (Å²) in [6.45, 7) is 4.27. The molecule has 0 radical (unpaired) electrons. The molecule has 2 aromatic carbocycles. The monoisotopic (exact) mass is 442 g/mol. The molecule has 160 valence electrons. The number of fused-ring (bicyclic) bond motifs is 1. The number of hydrogen-bond acceptors (Lipinski definition) is 6. The van der Waals surface area contributed by atoms with Crippen LogP contribution in [0.1, 0.15) is 25.5 Å². The van der Waals surface area contributed by atoms with Gasteiger partial charge in [0, 0.05) is 12.6 Å². The number of sulfonamides is 1. The van der Waals surface area contributed by atoms with Crippen molar-refractivity contribution in [3.8, 4) is 17.2 Å². The Bertz CT molecular complexity index is 917. The Kier molecular flexibility index (Phi) is 7.76. The molecule has 0 aliphatic carbocycles. The largest absolute Gasteiger partial charge is 0.491 e. The molecule has 9 heteroatoms. The van der Waals surface area contributed by atoms with E-state index in [4.69, 9.17) is 14.2 Å². The van der Waals surface area contributed by atoms with Gasteiger partial charge in [0.15, 0.2) is 11.5 Å². The summed E-state index contributed by atoms with van der Waals surface area (Å²) in [5.74, 6) is 2.01. The zero-order valence-corrected chi connectivity index (χ0v) is 18.5. The highest BCUT2D eigenvalue weighted by Gasteiger charge is 2.22. The van der Waals surface area contributed by atoms with Crippen LogP contribution in [0, 0.1) is 0 Å². The predicted octanol–water partition coefficient (Wildman–Crippen LogP) is 3.21. The first-order chi connectivity index (χ1) is 13.3. The number of benzene rings is 2. The summed E-state index contributed by atoms with van der Waals surface area (Å²) in [6, 6.07) is 11.9. The van der Waals surface area contributed by atoms with Crippen molar-refractivity contribution >= 4 is 22.4 Å². The van der Waals surface area contributed by atoms with Gasteiger partial charge in [-0.1, -0.05) is 6.07 Å². The van der Waals surface area contributed by atoms with Gasteiger partial charge in [-0.25, -0.2) is 13.1 Å². The molecule has 0 fully saturated rings. The molecule has 1 aliphatic heterocycles. The van der Waals surface area contributed by atoms with E-state index in [2.05, 4.69) is 4.72 Å². The van der Waals surface area contributed by atoms with Crippen molar-refractivity contribution < 1.29 is 22.6 Å². The van der Waals surface area contributed by atoms with Crippen LogP contribution in [0.15, 0.2) is 47.4 Å². The molecule has 2 aromatic rings. The van der Waals surface area contributed by atoms with Crippen molar-refractivity contribution in [3.63, 3.8) is 0 Å². The molecular weight excluding hydrogens is 416 g/mol. The molecule has 1 atom stereocenters. The molecule has 0 amide bonds. The molecule has 0 saturated heterocycles. The third-order valence-corrected chi connectivity index (χ3v) is 5.82. The maximum Gasteiger partial charge on any atom is 0.240 e. The second kappa shape index (κ2) is 9.67. The van der Waals surface area contributed by atoms with Crippen LogP contribution in [0.4, 0.5) is 0 Å². The fraction of sp³-hybridized carbons (Fsp3) is 0.400. The lowest BCUT2D eigenvalue weighted by molar-refractivity contribution is 0.174. The lowest BCUT2D eigenvalue weighted by Crippen LogP contribution is -2.34. The summed E-state index contributed by atoms with van der Waals surface area (Å²) < 4.78 is 44.4. The van der Waals surface area contributed by atoms with Gasteiger partial charge in [-0.05, 0) is 69.9 Å². The van der Waals surface area contributed by atoms with Gasteiger partial charge in [-0.15, -0.1) is 12.4 Å². The van der Waals surface area contributed by atoms with Crippen molar-refractivity contribution in [2.45, 2.75) is 30.9 Å². The van der Waals surface area contributed by atoms with Gasteiger partial charge in [0.2, 0.25) is 16.8 Å². The highest BCUT2D eigenvalue weighted by molar-refractivity contribution is 7.89. The molecule has 3 rings (SSSR count). The summed E-state index contributed by atoms with van der Waals surface area (Å²) in [7, 11) is 0.167. The van der Waals surface area contributed by atoms with Gasteiger partial charge >= 0.3 is 0 Å². The van der Waals surface area contributed by atoms with E-state index in [1.807, 2.05) is 51.0 Å². The number of halogens is 1. The van der Waals surface area contributed by atoms with Crippen molar-refractivity contribution in [1.82, 2.24) is 9.62 Å². The van der Waals surface area contributed by atoms with Crippen LogP contribution in [0.25, 0.3) is 0 Å². The van der Waals surface area contributed by atoms with Gasteiger partial charge in [0.25, 0.3) is 0 Å². The maximum absolute atomic E-state index is 12.7. The third-order valence-electron chi connectivity index (χ3n) is 4.38. The van der Waals surface area contributed by atoms with E-state index in [1.165, 1.54) is 0 Å². The highest BCUT2D eigenvalue weighted by Crippen LogP contribution is 2.35. The average molecular weight is 443 g/mol. The molecule has 29 heavy (non-hydrogen) atoms. The SMILES string of the molecule is CC(C)Oc1ccc(S(=O)(=O)NCC(c2ccc3c(c2)OCO3)N(C)C)cc1.Cl. The zero-order valence-electron chi connectivity index (χ0n) is 16.9. The van der Waals surface area contributed by atoms with E-state index in [-0.39, 0.29) is 42.8 Å². The number of likely N-dealkylation sites (N-methyl/N-ethyl adjacent to an activating group) is 1. The zero-order chi connectivity index (χ0) is 20.3. The molecular formula is C20H27ClN2O5S. The third kappa shape index (κ3) is 5.76. The molecule has 1 N–H and O–H groups in total. The quantitative estimate of drug-likeness (QED) is 0.676. The fourth-order valence-electron chi connectivity index (χ4n) is 2.96. The van der Waals surface area contributed by atoms with Crippen LogP contribution >= 0.6 is 12.4 Å². The van der Waals surface area contributed by atoms with Crippen molar-refractivity contribution in [3.05, 3.63) is 48.0 Å². The van der Waals surface area contributed by atoms with E-state index >= 15 is 0 Å². The van der Waals surface area contributed by atoms with Crippen LogP contribution in [-0.2, 0) is 10.0 Å². The van der Waals surface area contributed by atoms with E-state index in [0.29, 0.717) is 17.2 Å². The molecule has 0 bridgehead atoms. The lowest BCUT2D eigenvalue weighted by atomic mass is 10.1. The summed E-state index contributed by atoms with van der Waals surface area (Å²) in [6.07, 6.45) is 0.0307. The minimum absolute atomic E-state index is 0. The first-order valence-electron chi connectivity index (χ1n) is 9.08. The molecule has 1 heterocycles. The number of nitrogens with zero attached hydrogens (tertiary/aromatic N) is 1. The number of rotatable bonds is 8. The Morgan fingerprint density at radius 1 is 1.07 bits per heavy atom. The molecule has 0 aromatic heterocycles. The Labute approximate surface area is 178 Å². The highest BCUT2D eigenvalue weighted by atomic mass is 35.5. The number of hydrogen-bond donors (Lipinski definition) is 1. The Balaban J connectivity index is 0.00000300. The number of nitrogens with one attached hydrogen (secondary N) is 1. The average Bonchev–Trinajstić information content (AvgIpc) is 3.09. The molecule has 0 saturated carbocycles. The van der Waals surface area contributed by atoms with Crippen LogP contribution < -0.4 is 18.9 Å². The predicted molar refractivity (Wildman–Crippen MR) is 114 cm³/mol. The Hall–Kier alpha value is -2.00. The van der Waals surface area contributed by atoms with Crippen LogP contribution in [0.5, 0.6) is 17.2 Å². The molecule has 0 spiro atoms. The van der Waals surface area contributed by atoms with E-state index < -0.39 is 10.0 Å². The van der Waals surface area contributed by atoms with Gasteiger partial charge in [-0.2, -0.15) is 0 Å². The summed E-state index contributed by atoms with van der Waals surface area (Å²) in [5.41, 5.74) is 0.942. The Morgan fingerprint density at radius 2 is 1.72 bits per heavy atom. The van der Waals surface area contributed by atoms with E-state index in [0.717, 1.165) is 5.56 Å². The molecule has 1 aliphatic rings. The summed E-state index contributed by atoms with van der Waals surface area (Å²) >= 11 is 0. The minimum atomic E-state index is -3.64. The van der Waals surface area contributed by atoms with E-state index in [1.54, 1.807) is 24.3 Å². The normalized spacial score (nSPS) is 14.0. The topological polar surface area (TPSA) is 77.1 Å².